The standard InChI is InChI=1S/C47H33NO/c1-47(2)41-17-9-7-16-40(41)45-42(28-34-13-5-6-14-37(34)46(45)47)48(36-25-26-39-38-15-8-10-18-43(38)49-44(39)29-36)35-23-21-31(22-24-35)33-20-19-30-11-3-4-12-32(30)27-33/h3-29H,1-2H3. The Morgan fingerprint density at radius 3 is 1.98 bits per heavy atom. The molecule has 0 amide bonds. The number of hydrogen-bond acceptors (Lipinski definition) is 2. The molecule has 10 rings (SSSR count). The second-order valence-electron chi connectivity index (χ2n) is 13.8. The molecule has 1 aliphatic rings. The summed E-state index contributed by atoms with van der Waals surface area (Å²) in [5, 5.41) is 7.31. The Kier molecular flexibility index (Phi) is 5.95. The molecule has 2 heteroatoms. The monoisotopic (exact) mass is 627 g/mol. The summed E-state index contributed by atoms with van der Waals surface area (Å²) in [6.07, 6.45) is 0. The van der Waals surface area contributed by atoms with Gasteiger partial charge in [-0.05, 0) is 91.8 Å². The summed E-state index contributed by atoms with van der Waals surface area (Å²) in [5.41, 5.74) is 12.7. The number of fused-ring (bicyclic) bond motifs is 9. The van der Waals surface area contributed by atoms with Gasteiger partial charge in [0.15, 0.2) is 0 Å². The maximum atomic E-state index is 6.45. The van der Waals surface area contributed by atoms with Gasteiger partial charge in [-0.15, -0.1) is 0 Å². The molecule has 8 aromatic carbocycles. The Bertz CT molecular complexity index is 2750. The highest BCUT2D eigenvalue weighted by Gasteiger charge is 2.39. The van der Waals surface area contributed by atoms with Gasteiger partial charge in [-0.3, -0.25) is 0 Å². The predicted molar refractivity (Wildman–Crippen MR) is 206 cm³/mol. The number of hydrogen-bond donors (Lipinski definition) is 0. The highest BCUT2D eigenvalue weighted by atomic mass is 16.3. The number of rotatable bonds is 4. The van der Waals surface area contributed by atoms with Crippen LogP contribution in [-0.2, 0) is 5.41 Å². The molecular weight excluding hydrogens is 595 g/mol. The Hall–Kier alpha value is -6.12. The summed E-state index contributed by atoms with van der Waals surface area (Å²) in [6.45, 7) is 4.74. The summed E-state index contributed by atoms with van der Waals surface area (Å²) in [4.78, 5) is 2.43. The summed E-state index contributed by atoms with van der Waals surface area (Å²) < 4.78 is 6.45. The van der Waals surface area contributed by atoms with Crippen LogP contribution in [0.2, 0.25) is 0 Å². The van der Waals surface area contributed by atoms with E-state index >= 15 is 0 Å². The quantitative estimate of drug-likeness (QED) is 0.193. The third kappa shape index (κ3) is 4.20. The van der Waals surface area contributed by atoms with Gasteiger partial charge in [-0.25, -0.2) is 0 Å². The van der Waals surface area contributed by atoms with Crippen LogP contribution < -0.4 is 4.90 Å². The third-order valence-electron chi connectivity index (χ3n) is 10.6. The number of nitrogens with zero attached hydrogens (tertiary/aromatic N) is 1. The van der Waals surface area contributed by atoms with Crippen molar-refractivity contribution in [3.63, 3.8) is 0 Å². The van der Waals surface area contributed by atoms with Crippen molar-refractivity contribution < 1.29 is 4.42 Å². The maximum Gasteiger partial charge on any atom is 0.137 e. The second kappa shape index (κ2) is 10.4. The fourth-order valence-corrected chi connectivity index (χ4v) is 8.26. The molecule has 0 fully saturated rings. The topological polar surface area (TPSA) is 16.4 Å². The first kappa shape index (κ1) is 27.9. The van der Waals surface area contributed by atoms with Crippen molar-refractivity contribution in [1.29, 1.82) is 0 Å². The van der Waals surface area contributed by atoms with Gasteiger partial charge in [0.2, 0.25) is 0 Å². The Labute approximate surface area is 285 Å². The van der Waals surface area contributed by atoms with Crippen molar-refractivity contribution >= 4 is 60.5 Å². The number of furan rings is 1. The summed E-state index contributed by atoms with van der Waals surface area (Å²) in [6, 6.07) is 59.5. The summed E-state index contributed by atoms with van der Waals surface area (Å²) >= 11 is 0. The third-order valence-corrected chi connectivity index (χ3v) is 10.6. The fourth-order valence-electron chi connectivity index (χ4n) is 8.26. The lowest BCUT2D eigenvalue weighted by atomic mass is 9.80. The number of para-hydroxylation sites is 1. The van der Waals surface area contributed by atoms with E-state index in [1.807, 2.05) is 12.1 Å². The van der Waals surface area contributed by atoms with E-state index in [0.717, 1.165) is 33.3 Å². The molecule has 9 aromatic rings. The molecule has 49 heavy (non-hydrogen) atoms. The molecule has 232 valence electrons. The van der Waals surface area contributed by atoms with Crippen LogP contribution in [0.1, 0.15) is 25.0 Å². The first-order valence-corrected chi connectivity index (χ1v) is 17.0. The highest BCUT2D eigenvalue weighted by molar-refractivity contribution is 6.08. The van der Waals surface area contributed by atoms with Crippen LogP contribution in [0.25, 0.3) is 65.7 Å². The van der Waals surface area contributed by atoms with Crippen LogP contribution >= 0.6 is 0 Å². The van der Waals surface area contributed by atoms with Gasteiger partial charge >= 0.3 is 0 Å². The average molecular weight is 628 g/mol. The minimum Gasteiger partial charge on any atom is -0.456 e. The highest BCUT2D eigenvalue weighted by Crippen LogP contribution is 2.56. The van der Waals surface area contributed by atoms with Gasteiger partial charge in [0.1, 0.15) is 11.2 Å². The average Bonchev–Trinajstić information content (AvgIpc) is 3.64. The lowest BCUT2D eigenvalue weighted by molar-refractivity contribution is 0.666. The SMILES string of the molecule is CC1(C)c2ccccc2-c2c(N(c3ccc(-c4ccc5ccccc5c4)cc3)c3ccc4c(c3)oc3ccccc34)cc3ccccc3c21. The van der Waals surface area contributed by atoms with E-state index in [1.165, 1.54) is 60.6 Å². The first-order chi connectivity index (χ1) is 24.0. The van der Waals surface area contributed by atoms with E-state index < -0.39 is 0 Å². The zero-order valence-corrected chi connectivity index (χ0v) is 27.4. The van der Waals surface area contributed by atoms with Crippen LogP contribution in [0, 0.1) is 0 Å². The second-order valence-corrected chi connectivity index (χ2v) is 13.8. The smallest absolute Gasteiger partial charge is 0.137 e. The molecule has 1 heterocycles. The molecule has 2 nitrogen and oxygen atoms in total. The molecule has 0 unspecified atom stereocenters. The van der Waals surface area contributed by atoms with Crippen molar-refractivity contribution in [3.8, 4) is 22.3 Å². The summed E-state index contributed by atoms with van der Waals surface area (Å²) in [7, 11) is 0. The molecule has 1 aliphatic carbocycles. The minimum absolute atomic E-state index is 0.157. The van der Waals surface area contributed by atoms with E-state index in [4.69, 9.17) is 4.42 Å². The predicted octanol–water partition coefficient (Wildman–Crippen LogP) is 13.3. The van der Waals surface area contributed by atoms with Crippen LogP contribution in [0.5, 0.6) is 0 Å². The fraction of sp³-hybridized carbons (Fsp3) is 0.0638. The van der Waals surface area contributed by atoms with E-state index in [1.54, 1.807) is 0 Å². The molecule has 0 radical (unpaired) electrons. The van der Waals surface area contributed by atoms with Crippen molar-refractivity contribution in [2.75, 3.05) is 4.90 Å². The van der Waals surface area contributed by atoms with Crippen LogP contribution in [0.15, 0.2) is 168 Å². The van der Waals surface area contributed by atoms with Gasteiger partial charge in [-0.1, -0.05) is 129 Å². The molecule has 0 aliphatic heterocycles. The largest absolute Gasteiger partial charge is 0.456 e. The zero-order valence-electron chi connectivity index (χ0n) is 27.4. The van der Waals surface area contributed by atoms with Gasteiger partial charge in [0, 0.05) is 39.2 Å². The molecule has 1 aromatic heterocycles. The molecule has 0 spiro atoms. The Morgan fingerprint density at radius 1 is 0.469 bits per heavy atom. The zero-order chi connectivity index (χ0) is 32.7. The molecule has 0 saturated heterocycles. The lowest BCUT2D eigenvalue weighted by Gasteiger charge is -2.30. The molecule has 0 atom stereocenters. The van der Waals surface area contributed by atoms with Gasteiger partial charge in [-0.2, -0.15) is 0 Å². The van der Waals surface area contributed by atoms with E-state index in [2.05, 4.69) is 170 Å². The van der Waals surface area contributed by atoms with Gasteiger partial charge in [0.05, 0.1) is 5.69 Å². The van der Waals surface area contributed by atoms with Crippen LogP contribution in [0.3, 0.4) is 0 Å². The Balaban J connectivity index is 1.23. The van der Waals surface area contributed by atoms with Crippen molar-refractivity contribution in [2.24, 2.45) is 0 Å². The number of anilines is 3. The maximum absolute atomic E-state index is 6.45. The lowest BCUT2D eigenvalue weighted by Crippen LogP contribution is -2.16. The Morgan fingerprint density at radius 2 is 1.12 bits per heavy atom. The normalized spacial score (nSPS) is 13.3. The number of benzene rings is 8. The molecule has 0 saturated carbocycles. The summed E-state index contributed by atoms with van der Waals surface area (Å²) in [5.74, 6) is 0. The van der Waals surface area contributed by atoms with Crippen molar-refractivity contribution in [3.05, 3.63) is 175 Å². The van der Waals surface area contributed by atoms with Gasteiger partial charge < -0.3 is 9.32 Å². The van der Waals surface area contributed by atoms with Gasteiger partial charge in [0.25, 0.3) is 0 Å². The molecule has 0 bridgehead atoms. The van der Waals surface area contributed by atoms with Crippen molar-refractivity contribution in [1.82, 2.24) is 0 Å². The van der Waals surface area contributed by atoms with Crippen LogP contribution in [0.4, 0.5) is 17.1 Å². The first-order valence-electron chi connectivity index (χ1n) is 17.0. The minimum atomic E-state index is -0.157. The van der Waals surface area contributed by atoms with E-state index in [9.17, 15) is 0 Å². The van der Waals surface area contributed by atoms with E-state index in [0.29, 0.717) is 0 Å². The molecular formula is C47H33NO. The van der Waals surface area contributed by atoms with E-state index in [-0.39, 0.29) is 5.41 Å². The molecule has 0 N–H and O–H groups in total. The van der Waals surface area contributed by atoms with Crippen LogP contribution in [-0.4, -0.2) is 0 Å². The van der Waals surface area contributed by atoms with Crippen molar-refractivity contribution in [2.45, 2.75) is 19.3 Å².